The summed E-state index contributed by atoms with van der Waals surface area (Å²) in [5, 5.41) is 6.82. The van der Waals surface area contributed by atoms with E-state index in [-0.39, 0.29) is 18.3 Å². The molecule has 1 heterocycles. The van der Waals surface area contributed by atoms with Gasteiger partial charge in [0, 0.05) is 17.6 Å². The lowest BCUT2D eigenvalue weighted by molar-refractivity contribution is -0.117. The number of carbonyl (C=O) groups is 1. The highest BCUT2D eigenvalue weighted by Crippen LogP contribution is 2.27. The molecule has 1 aromatic rings. The van der Waals surface area contributed by atoms with E-state index in [9.17, 15) is 4.79 Å². The zero-order chi connectivity index (χ0) is 15.9. The Morgan fingerprint density at radius 2 is 2.30 bits per heavy atom. The molecule has 0 radical (unpaired) electrons. The fourth-order valence-electron chi connectivity index (χ4n) is 2.78. The Morgan fingerprint density at radius 1 is 1.52 bits per heavy atom. The molecule has 0 bridgehead atoms. The van der Waals surface area contributed by atoms with Crippen LogP contribution in [-0.2, 0) is 4.79 Å². The predicted molar refractivity (Wildman–Crippen MR) is 97.0 cm³/mol. The monoisotopic (exact) mass is 361 g/mol. The molecule has 1 aromatic carbocycles. The van der Waals surface area contributed by atoms with Gasteiger partial charge in [-0.2, -0.15) is 0 Å². The van der Waals surface area contributed by atoms with Gasteiger partial charge in [-0.25, -0.2) is 0 Å². The van der Waals surface area contributed by atoms with Gasteiger partial charge in [-0.15, -0.1) is 12.4 Å². The van der Waals surface area contributed by atoms with E-state index in [4.69, 9.17) is 16.3 Å². The highest BCUT2D eigenvalue weighted by atomic mass is 35.5. The van der Waals surface area contributed by atoms with Gasteiger partial charge in [-0.05, 0) is 44.1 Å². The van der Waals surface area contributed by atoms with Crippen LogP contribution in [0.1, 0.15) is 19.8 Å². The van der Waals surface area contributed by atoms with Gasteiger partial charge in [0.1, 0.15) is 5.75 Å². The number of nitrogens with one attached hydrogen (secondary N) is 2. The van der Waals surface area contributed by atoms with Crippen molar-refractivity contribution in [2.75, 3.05) is 38.6 Å². The van der Waals surface area contributed by atoms with Crippen LogP contribution in [0.3, 0.4) is 0 Å². The summed E-state index contributed by atoms with van der Waals surface area (Å²) in [5.41, 5.74) is 0.612. The number of carbonyl (C=O) groups excluding carboxylic acids is 1. The number of hydrogen-bond acceptors (Lipinski definition) is 4. The van der Waals surface area contributed by atoms with Crippen molar-refractivity contribution in [3.63, 3.8) is 0 Å². The maximum absolute atomic E-state index is 12.4. The lowest BCUT2D eigenvalue weighted by atomic mass is 10.2. The van der Waals surface area contributed by atoms with E-state index in [1.165, 1.54) is 0 Å². The molecule has 130 valence electrons. The zero-order valence-electron chi connectivity index (χ0n) is 13.6. The molecule has 5 nitrogen and oxygen atoms in total. The number of nitrogens with zero attached hydrogens (tertiary/aromatic N) is 1. The number of anilines is 1. The second-order valence-corrected chi connectivity index (χ2v) is 5.95. The first-order valence-corrected chi connectivity index (χ1v) is 8.10. The molecular formula is C16H25Cl2N3O2. The van der Waals surface area contributed by atoms with Crippen molar-refractivity contribution in [3.05, 3.63) is 23.2 Å². The molecule has 1 aliphatic rings. The molecule has 0 spiro atoms. The van der Waals surface area contributed by atoms with Gasteiger partial charge in [0.05, 0.1) is 19.3 Å². The van der Waals surface area contributed by atoms with E-state index in [0.29, 0.717) is 29.0 Å². The van der Waals surface area contributed by atoms with Crippen molar-refractivity contribution in [2.45, 2.75) is 25.8 Å². The number of amides is 1. The molecule has 0 saturated carbocycles. The van der Waals surface area contributed by atoms with Gasteiger partial charge in [-0.3, -0.25) is 9.69 Å². The van der Waals surface area contributed by atoms with Crippen LogP contribution in [0.5, 0.6) is 5.75 Å². The number of rotatable bonds is 7. The lowest BCUT2D eigenvalue weighted by Crippen LogP contribution is -2.42. The van der Waals surface area contributed by atoms with Crippen molar-refractivity contribution in [2.24, 2.45) is 0 Å². The number of hydrogen-bond donors (Lipinski definition) is 2. The Balaban J connectivity index is 0.00000264. The summed E-state index contributed by atoms with van der Waals surface area (Å²) in [6.45, 7) is 5.41. The van der Waals surface area contributed by atoms with Gasteiger partial charge in [0.15, 0.2) is 0 Å². The molecule has 2 rings (SSSR count). The minimum Gasteiger partial charge on any atom is -0.495 e. The first-order chi connectivity index (χ1) is 10.6. The summed E-state index contributed by atoms with van der Waals surface area (Å²) in [5.74, 6) is 0.572. The van der Waals surface area contributed by atoms with E-state index in [0.717, 1.165) is 32.5 Å². The van der Waals surface area contributed by atoms with Crippen LogP contribution in [0.15, 0.2) is 18.2 Å². The fourth-order valence-corrected chi connectivity index (χ4v) is 2.95. The average Bonchev–Trinajstić information content (AvgIpc) is 3.01. The SMILES string of the molecule is CCCN(CC(=O)Nc1cc(Cl)ccc1OC)C1CCNC1.Cl. The molecule has 2 N–H and O–H groups in total. The van der Waals surface area contributed by atoms with Crippen molar-refractivity contribution < 1.29 is 9.53 Å². The molecule has 1 saturated heterocycles. The molecular weight excluding hydrogens is 337 g/mol. The first-order valence-electron chi connectivity index (χ1n) is 7.72. The Morgan fingerprint density at radius 3 is 2.91 bits per heavy atom. The maximum Gasteiger partial charge on any atom is 0.238 e. The van der Waals surface area contributed by atoms with Crippen LogP contribution in [0.25, 0.3) is 0 Å². The van der Waals surface area contributed by atoms with E-state index in [1.54, 1.807) is 25.3 Å². The number of halogens is 2. The topological polar surface area (TPSA) is 53.6 Å². The lowest BCUT2D eigenvalue weighted by Gasteiger charge is -2.27. The Kier molecular flexibility index (Phi) is 8.69. The van der Waals surface area contributed by atoms with Gasteiger partial charge in [0.25, 0.3) is 0 Å². The second kappa shape index (κ2) is 9.98. The molecule has 23 heavy (non-hydrogen) atoms. The third-order valence-electron chi connectivity index (χ3n) is 3.84. The third kappa shape index (κ3) is 5.84. The minimum atomic E-state index is -0.0408. The minimum absolute atomic E-state index is 0. The maximum atomic E-state index is 12.4. The standard InChI is InChI=1S/C16H24ClN3O2.ClH/c1-3-8-20(13-6-7-18-10-13)11-16(21)19-14-9-12(17)4-5-15(14)22-2;/h4-5,9,13,18H,3,6-8,10-11H2,1-2H3,(H,19,21);1H. The van der Waals surface area contributed by atoms with Crippen molar-refractivity contribution in [1.29, 1.82) is 0 Å². The van der Waals surface area contributed by atoms with Crippen LogP contribution in [0.4, 0.5) is 5.69 Å². The normalized spacial score (nSPS) is 17.0. The van der Waals surface area contributed by atoms with Crippen molar-refractivity contribution in [3.8, 4) is 5.75 Å². The molecule has 1 atom stereocenters. The van der Waals surface area contributed by atoms with E-state index in [1.807, 2.05) is 0 Å². The molecule has 7 heteroatoms. The van der Waals surface area contributed by atoms with E-state index in [2.05, 4.69) is 22.5 Å². The summed E-state index contributed by atoms with van der Waals surface area (Å²) >= 11 is 5.99. The van der Waals surface area contributed by atoms with Crippen molar-refractivity contribution in [1.82, 2.24) is 10.2 Å². The van der Waals surface area contributed by atoms with Gasteiger partial charge in [-0.1, -0.05) is 18.5 Å². The summed E-state index contributed by atoms with van der Waals surface area (Å²) < 4.78 is 5.26. The summed E-state index contributed by atoms with van der Waals surface area (Å²) in [6, 6.07) is 5.64. The summed E-state index contributed by atoms with van der Waals surface area (Å²) in [4.78, 5) is 14.6. The van der Waals surface area contributed by atoms with Crippen LogP contribution in [-0.4, -0.2) is 50.1 Å². The fraction of sp³-hybridized carbons (Fsp3) is 0.562. The van der Waals surface area contributed by atoms with Crippen LogP contribution in [0, 0.1) is 0 Å². The van der Waals surface area contributed by atoms with E-state index < -0.39 is 0 Å². The zero-order valence-corrected chi connectivity index (χ0v) is 15.2. The third-order valence-corrected chi connectivity index (χ3v) is 4.08. The molecule has 0 aliphatic carbocycles. The smallest absolute Gasteiger partial charge is 0.238 e. The summed E-state index contributed by atoms with van der Waals surface area (Å²) in [7, 11) is 1.58. The van der Waals surface area contributed by atoms with Gasteiger partial charge in [0.2, 0.25) is 5.91 Å². The number of ether oxygens (including phenoxy) is 1. The van der Waals surface area contributed by atoms with Gasteiger partial charge < -0.3 is 15.4 Å². The average molecular weight is 362 g/mol. The first kappa shape index (κ1) is 20.0. The molecule has 1 fully saturated rings. The highest BCUT2D eigenvalue weighted by Gasteiger charge is 2.23. The summed E-state index contributed by atoms with van der Waals surface area (Å²) in [6.07, 6.45) is 2.12. The Hall–Kier alpha value is -1.01. The molecule has 0 aromatic heterocycles. The molecule has 1 unspecified atom stereocenters. The van der Waals surface area contributed by atoms with E-state index >= 15 is 0 Å². The van der Waals surface area contributed by atoms with Gasteiger partial charge >= 0.3 is 0 Å². The van der Waals surface area contributed by atoms with Crippen LogP contribution >= 0.6 is 24.0 Å². The Labute approximate surface area is 149 Å². The van der Waals surface area contributed by atoms with Crippen molar-refractivity contribution >= 4 is 35.6 Å². The predicted octanol–water partition coefficient (Wildman–Crippen LogP) is 2.78. The highest BCUT2D eigenvalue weighted by molar-refractivity contribution is 6.31. The molecule has 1 amide bonds. The van der Waals surface area contributed by atoms with Crippen LogP contribution in [0.2, 0.25) is 5.02 Å². The largest absolute Gasteiger partial charge is 0.495 e. The second-order valence-electron chi connectivity index (χ2n) is 5.51. The van der Waals surface area contributed by atoms with Crippen LogP contribution < -0.4 is 15.4 Å². The molecule has 1 aliphatic heterocycles. The number of benzene rings is 1. The quantitative estimate of drug-likeness (QED) is 0.783. The number of methoxy groups -OCH3 is 1. The Bertz CT molecular complexity index is 508.